The summed E-state index contributed by atoms with van der Waals surface area (Å²) in [6.45, 7) is 2.44. The predicted molar refractivity (Wildman–Crippen MR) is 109 cm³/mol. The van der Waals surface area contributed by atoms with Gasteiger partial charge in [0, 0.05) is 18.9 Å². The zero-order chi connectivity index (χ0) is 21.6. The zero-order valence-corrected chi connectivity index (χ0v) is 17.0. The second-order valence-corrected chi connectivity index (χ2v) is 7.94. The molecule has 31 heavy (non-hydrogen) atoms. The van der Waals surface area contributed by atoms with Crippen LogP contribution in [0.25, 0.3) is 16.2 Å². The number of aromatic nitrogens is 4. The summed E-state index contributed by atoms with van der Waals surface area (Å²) in [6, 6.07) is 6.76. The second-order valence-electron chi connectivity index (χ2n) is 6.91. The first-order chi connectivity index (χ1) is 14.9. The van der Waals surface area contributed by atoms with Gasteiger partial charge in [0.05, 0.1) is 5.39 Å². The van der Waals surface area contributed by atoms with Crippen LogP contribution in [0.5, 0.6) is 11.5 Å². The Morgan fingerprint density at radius 2 is 2.00 bits per heavy atom. The third kappa shape index (κ3) is 3.76. The molecule has 0 fully saturated rings. The number of halogens is 3. The van der Waals surface area contributed by atoms with E-state index in [-0.39, 0.29) is 17.6 Å². The molecule has 0 atom stereocenters. The summed E-state index contributed by atoms with van der Waals surface area (Å²) in [5.74, 6) is 2.64. The Kier molecular flexibility index (Phi) is 4.69. The predicted octanol–water partition coefficient (Wildman–Crippen LogP) is 4.59. The number of rotatable bonds is 5. The first kappa shape index (κ1) is 19.6. The molecular formula is C20H16F3N5O2S. The number of benzene rings is 1. The molecule has 7 nitrogen and oxygen atoms in total. The number of hydrogen-bond donors (Lipinski definition) is 1. The maximum absolute atomic E-state index is 13.3. The van der Waals surface area contributed by atoms with Crippen LogP contribution in [-0.4, -0.2) is 32.9 Å². The Bertz CT molecular complexity index is 1270. The van der Waals surface area contributed by atoms with E-state index in [4.69, 9.17) is 9.47 Å². The van der Waals surface area contributed by atoms with E-state index in [0.29, 0.717) is 52.8 Å². The minimum absolute atomic E-state index is 0.200. The average molecular weight is 447 g/mol. The molecule has 160 valence electrons. The van der Waals surface area contributed by atoms with Gasteiger partial charge in [0.1, 0.15) is 21.3 Å². The van der Waals surface area contributed by atoms with Crippen molar-refractivity contribution in [2.75, 3.05) is 18.7 Å². The van der Waals surface area contributed by atoms with E-state index in [1.807, 2.05) is 18.2 Å². The maximum Gasteiger partial charge on any atom is 0.425 e. The van der Waals surface area contributed by atoms with Gasteiger partial charge in [-0.25, -0.2) is 9.97 Å². The van der Waals surface area contributed by atoms with Crippen LogP contribution < -0.4 is 14.8 Å². The van der Waals surface area contributed by atoms with Crippen LogP contribution in [0.1, 0.15) is 16.3 Å². The Labute approximate surface area is 178 Å². The van der Waals surface area contributed by atoms with Crippen LogP contribution in [-0.2, 0) is 12.6 Å². The monoisotopic (exact) mass is 447 g/mol. The molecule has 1 aliphatic rings. The summed E-state index contributed by atoms with van der Waals surface area (Å²) in [6.07, 6.45) is -0.561. The van der Waals surface area contributed by atoms with Gasteiger partial charge in [-0.2, -0.15) is 18.2 Å². The number of hydrogen-bond acceptors (Lipinski definition) is 7. The standard InChI is InChI=1S/C20H16F3N5O2S/c1-11-24-6-7-28(11)19-26-17(13-9-16(20(21,22)23)31-18(13)27-19)25-5-4-12-2-3-14-15(8-12)30-10-29-14/h2-3,6-9H,4-5,10H2,1H3,(H,25,26,27). The third-order valence-corrected chi connectivity index (χ3v) is 5.92. The zero-order valence-electron chi connectivity index (χ0n) is 16.2. The minimum Gasteiger partial charge on any atom is -0.454 e. The molecule has 4 heterocycles. The molecule has 5 rings (SSSR count). The topological polar surface area (TPSA) is 74.1 Å². The van der Waals surface area contributed by atoms with Gasteiger partial charge < -0.3 is 14.8 Å². The molecule has 1 aromatic carbocycles. The van der Waals surface area contributed by atoms with Gasteiger partial charge in [0.15, 0.2) is 11.5 Å². The van der Waals surface area contributed by atoms with Crippen molar-refractivity contribution in [2.45, 2.75) is 19.5 Å². The molecule has 1 aliphatic heterocycles. The van der Waals surface area contributed by atoms with E-state index in [1.54, 1.807) is 23.9 Å². The van der Waals surface area contributed by atoms with Crippen LogP contribution in [0.3, 0.4) is 0 Å². The quantitative estimate of drug-likeness (QED) is 0.483. The summed E-state index contributed by atoms with van der Waals surface area (Å²) in [5.41, 5.74) is 1.01. The summed E-state index contributed by atoms with van der Waals surface area (Å²) in [7, 11) is 0. The summed E-state index contributed by atoms with van der Waals surface area (Å²) < 4.78 is 52.2. The van der Waals surface area contributed by atoms with Crippen LogP contribution in [0.2, 0.25) is 0 Å². The van der Waals surface area contributed by atoms with E-state index < -0.39 is 11.1 Å². The SMILES string of the molecule is Cc1nccn1-c1nc(NCCc2ccc3c(c2)OCO3)c2cc(C(F)(F)F)sc2n1. The molecule has 0 saturated carbocycles. The number of anilines is 1. The smallest absolute Gasteiger partial charge is 0.425 e. The van der Waals surface area contributed by atoms with Crippen molar-refractivity contribution in [1.82, 2.24) is 19.5 Å². The fourth-order valence-electron chi connectivity index (χ4n) is 3.30. The van der Waals surface area contributed by atoms with Crippen molar-refractivity contribution in [3.63, 3.8) is 0 Å². The molecule has 1 N–H and O–H groups in total. The van der Waals surface area contributed by atoms with Gasteiger partial charge in [0.25, 0.3) is 0 Å². The van der Waals surface area contributed by atoms with Gasteiger partial charge in [-0.1, -0.05) is 6.07 Å². The lowest BCUT2D eigenvalue weighted by Crippen LogP contribution is -2.10. The van der Waals surface area contributed by atoms with Crippen molar-refractivity contribution in [1.29, 1.82) is 0 Å². The normalized spacial score (nSPS) is 13.2. The highest BCUT2D eigenvalue weighted by Gasteiger charge is 2.34. The van der Waals surface area contributed by atoms with E-state index in [1.165, 1.54) is 0 Å². The Morgan fingerprint density at radius 1 is 1.16 bits per heavy atom. The number of aryl methyl sites for hydroxylation is 1. The number of nitrogens with one attached hydrogen (secondary N) is 1. The molecule has 0 bridgehead atoms. The molecule has 0 unspecified atom stereocenters. The number of thiophene rings is 1. The minimum atomic E-state index is -4.44. The van der Waals surface area contributed by atoms with Gasteiger partial charge >= 0.3 is 6.18 Å². The first-order valence-electron chi connectivity index (χ1n) is 9.40. The van der Waals surface area contributed by atoms with Crippen molar-refractivity contribution in [3.05, 3.63) is 52.9 Å². The molecule has 3 aromatic heterocycles. The van der Waals surface area contributed by atoms with Crippen molar-refractivity contribution in [2.24, 2.45) is 0 Å². The molecule has 0 aliphatic carbocycles. The van der Waals surface area contributed by atoms with E-state index >= 15 is 0 Å². The van der Waals surface area contributed by atoms with Crippen LogP contribution in [0.15, 0.2) is 36.7 Å². The van der Waals surface area contributed by atoms with Crippen LogP contribution >= 0.6 is 11.3 Å². The average Bonchev–Trinajstić information content (AvgIpc) is 3.45. The fourth-order valence-corrected chi connectivity index (χ4v) is 4.20. The van der Waals surface area contributed by atoms with Crippen molar-refractivity contribution < 1.29 is 22.6 Å². The lowest BCUT2D eigenvalue weighted by Gasteiger charge is -2.10. The summed E-state index contributed by atoms with van der Waals surface area (Å²) >= 11 is 0.599. The highest BCUT2D eigenvalue weighted by atomic mass is 32.1. The molecule has 0 spiro atoms. The Balaban J connectivity index is 1.45. The number of ether oxygens (including phenoxy) is 2. The van der Waals surface area contributed by atoms with Gasteiger partial charge in [-0.3, -0.25) is 4.57 Å². The Hall–Kier alpha value is -3.34. The summed E-state index contributed by atoms with van der Waals surface area (Å²) in [4.78, 5) is 12.5. The molecule has 0 radical (unpaired) electrons. The fraction of sp³-hybridized carbons (Fsp3) is 0.250. The van der Waals surface area contributed by atoms with Crippen LogP contribution in [0.4, 0.5) is 19.0 Å². The van der Waals surface area contributed by atoms with E-state index in [0.717, 1.165) is 11.6 Å². The number of nitrogens with zero attached hydrogens (tertiary/aromatic N) is 4. The molecule has 0 amide bonds. The van der Waals surface area contributed by atoms with Crippen LogP contribution in [0, 0.1) is 6.92 Å². The first-order valence-corrected chi connectivity index (χ1v) is 10.2. The highest BCUT2D eigenvalue weighted by Crippen LogP contribution is 2.39. The number of imidazole rings is 1. The van der Waals surface area contributed by atoms with Gasteiger partial charge in [0.2, 0.25) is 12.7 Å². The summed E-state index contributed by atoms with van der Waals surface area (Å²) in [5, 5.41) is 3.51. The van der Waals surface area contributed by atoms with Gasteiger partial charge in [-0.05, 0) is 37.1 Å². The van der Waals surface area contributed by atoms with Gasteiger partial charge in [-0.15, -0.1) is 11.3 Å². The van der Waals surface area contributed by atoms with Crippen molar-refractivity contribution in [3.8, 4) is 17.4 Å². The maximum atomic E-state index is 13.3. The Morgan fingerprint density at radius 3 is 2.77 bits per heavy atom. The molecular weight excluding hydrogens is 431 g/mol. The third-order valence-electron chi connectivity index (χ3n) is 4.84. The molecule has 0 saturated heterocycles. The van der Waals surface area contributed by atoms with E-state index in [2.05, 4.69) is 20.3 Å². The molecule has 4 aromatic rings. The van der Waals surface area contributed by atoms with Crippen molar-refractivity contribution >= 4 is 27.4 Å². The number of alkyl halides is 3. The second kappa shape index (κ2) is 7.41. The molecule has 11 heteroatoms. The van der Waals surface area contributed by atoms with E-state index in [9.17, 15) is 13.2 Å². The largest absolute Gasteiger partial charge is 0.454 e. The lowest BCUT2D eigenvalue weighted by molar-refractivity contribution is -0.134. The lowest BCUT2D eigenvalue weighted by atomic mass is 10.1. The highest BCUT2D eigenvalue weighted by molar-refractivity contribution is 7.18. The number of fused-ring (bicyclic) bond motifs is 2.